The molecular weight excluding hydrogens is 420 g/mol. The number of halogens is 1. The molecule has 1 amide bonds. The van der Waals surface area contributed by atoms with Gasteiger partial charge in [-0.1, -0.05) is 28.1 Å². The van der Waals surface area contributed by atoms with Crippen LogP contribution in [0.25, 0.3) is 16.8 Å². The third kappa shape index (κ3) is 3.36. The summed E-state index contributed by atoms with van der Waals surface area (Å²) in [7, 11) is 1.60. The molecule has 4 aromatic rings. The van der Waals surface area contributed by atoms with E-state index in [2.05, 4.69) is 31.3 Å². The van der Waals surface area contributed by atoms with Crippen LogP contribution in [0.15, 0.2) is 65.4 Å². The Labute approximate surface area is 170 Å². The summed E-state index contributed by atoms with van der Waals surface area (Å²) in [5, 5.41) is 7.31. The number of aryl methyl sites for hydroxylation is 1. The van der Waals surface area contributed by atoms with E-state index in [0.29, 0.717) is 16.9 Å². The van der Waals surface area contributed by atoms with Gasteiger partial charge in [0.15, 0.2) is 5.65 Å². The molecular formula is C21H17BrN4O2. The first kappa shape index (κ1) is 18.2. The second-order valence-electron chi connectivity index (χ2n) is 6.24. The van der Waals surface area contributed by atoms with Gasteiger partial charge in [0, 0.05) is 21.9 Å². The average molecular weight is 437 g/mol. The minimum absolute atomic E-state index is 0.238. The third-order valence-corrected chi connectivity index (χ3v) is 5.04. The second kappa shape index (κ2) is 7.44. The van der Waals surface area contributed by atoms with E-state index in [-0.39, 0.29) is 5.91 Å². The smallest absolute Gasteiger partial charge is 0.259 e. The molecule has 0 unspecified atom stereocenters. The zero-order valence-corrected chi connectivity index (χ0v) is 16.9. The number of aromatic nitrogens is 3. The number of nitrogens with one attached hydrogen (secondary N) is 1. The average Bonchev–Trinajstić information content (AvgIpc) is 3.14. The Bertz CT molecular complexity index is 1150. The molecule has 2 aromatic heterocycles. The summed E-state index contributed by atoms with van der Waals surface area (Å²) in [5.74, 6) is 0.493. The van der Waals surface area contributed by atoms with Crippen molar-refractivity contribution in [2.24, 2.45) is 0 Å². The first-order chi connectivity index (χ1) is 13.6. The molecule has 0 bridgehead atoms. The maximum atomic E-state index is 12.7. The van der Waals surface area contributed by atoms with Crippen molar-refractivity contribution >= 4 is 33.2 Å². The van der Waals surface area contributed by atoms with Crippen LogP contribution in [0.5, 0.6) is 5.75 Å². The number of nitrogens with zero attached hydrogens (tertiary/aromatic N) is 3. The van der Waals surface area contributed by atoms with Gasteiger partial charge in [-0.3, -0.25) is 4.79 Å². The van der Waals surface area contributed by atoms with Crippen molar-refractivity contribution < 1.29 is 9.53 Å². The zero-order valence-electron chi connectivity index (χ0n) is 15.3. The van der Waals surface area contributed by atoms with Crippen molar-refractivity contribution in [3.63, 3.8) is 0 Å². The lowest BCUT2D eigenvalue weighted by atomic mass is 10.1. The number of rotatable bonds is 4. The lowest BCUT2D eigenvalue weighted by molar-refractivity contribution is 0.102. The summed E-state index contributed by atoms with van der Waals surface area (Å²) in [4.78, 5) is 17.2. The number of hydrogen-bond acceptors (Lipinski definition) is 4. The van der Waals surface area contributed by atoms with E-state index in [1.54, 1.807) is 48.3 Å². The summed E-state index contributed by atoms with van der Waals surface area (Å²) in [5.41, 5.74) is 4.51. The SMILES string of the molecule is COc1ccc(NC(=O)c2cnc3c(-c4ccc(Br)cc4)cnn3c2C)cc1. The standard InChI is InChI=1S/C21H17BrN4O2/c1-13-18(21(27)25-16-7-9-17(28-2)10-8-16)11-23-20-19(12-24-26(13)20)14-3-5-15(22)6-4-14/h3-12H,1-2H3,(H,25,27). The van der Waals surface area contributed by atoms with Gasteiger partial charge in [0.25, 0.3) is 5.91 Å². The molecule has 0 spiro atoms. The van der Waals surface area contributed by atoms with Gasteiger partial charge >= 0.3 is 0 Å². The van der Waals surface area contributed by atoms with Crippen LogP contribution in [0.2, 0.25) is 0 Å². The normalized spacial score (nSPS) is 10.8. The highest BCUT2D eigenvalue weighted by Gasteiger charge is 2.16. The second-order valence-corrected chi connectivity index (χ2v) is 7.16. The van der Waals surface area contributed by atoms with Crippen LogP contribution in [0.3, 0.4) is 0 Å². The molecule has 140 valence electrons. The van der Waals surface area contributed by atoms with Gasteiger partial charge in [-0.2, -0.15) is 5.10 Å². The van der Waals surface area contributed by atoms with E-state index in [0.717, 1.165) is 27.0 Å². The fourth-order valence-electron chi connectivity index (χ4n) is 2.97. The topological polar surface area (TPSA) is 68.5 Å². The maximum absolute atomic E-state index is 12.7. The lowest BCUT2D eigenvalue weighted by Crippen LogP contribution is -2.16. The molecule has 4 rings (SSSR count). The molecule has 0 atom stereocenters. The highest BCUT2D eigenvalue weighted by molar-refractivity contribution is 9.10. The van der Waals surface area contributed by atoms with Crippen molar-refractivity contribution in [3.05, 3.63) is 76.7 Å². The fourth-order valence-corrected chi connectivity index (χ4v) is 3.24. The predicted molar refractivity (Wildman–Crippen MR) is 112 cm³/mol. The summed E-state index contributed by atoms with van der Waals surface area (Å²) in [6, 6.07) is 15.1. The molecule has 0 saturated carbocycles. The Balaban J connectivity index is 1.66. The van der Waals surface area contributed by atoms with Crippen LogP contribution < -0.4 is 10.1 Å². The maximum Gasteiger partial charge on any atom is 0.259 e. The summed E-state index contributed by atoms with van der Waals surface area (Å²) < 4.78 is 7.84. The zero-order chi connectivity index (χ0) is 19.7. The number of carbonyl (C=O) groups is 1. The van der Waals surface area contributed by atoms with E-state index >= 15 is 0 Å². The lowest BCUT2D eigenvalue weighted by Gasteiger charge is -2.09. The highest BCUT2D eigenvalue weighted by atomic mass is 79.9. The summed E-state index contributed by atoms with van der Waals surface area (Å²) >= 11 is 3.44. The molecule has 2 aromatic carbocycles. The number of amides is 1. The molecule has 0 fully saturated rings. The fraction of sp³-hybridized carbons (Fsp3) is 0.0952. The Hall–Kier alpha value is -3.19. The van der Waals surface area contributed by atoms with Gasteiger partial charge in [0.1, 0.15) is 5.75 Å². The molecule has 7 heteroatoms. The quantitative estimate of drug-likeness (QED) is 0.502. The molecule has 28 heavy (non-hydrogen) atoms. The van der Waals surface area contributed by atoms with Crippen molar-refractivity contribution in [1.29, 1.82) is 0 Å². The summed E-state index contributed by atoms with van der Waals surface area (Å²) in [6.45, 7) is 1.86. The minimum Gasteiger partial charge on any atom is -0.497 e. The van der Waals surface area contributed by atoms with Gasteiger partial charge in [0.05, 0.1) is 24.6 Å². The van der Waals surface area contributed by atoms with Crippen LogP contribution in [0.1, 0.15) is 16.1 Å². The molecule has 0 aliphatic rings. The van der Waals surface area contributed by atoms with E-state index < -0.39 is 0 Å². The Morgan fingerprint density at radius 1 is 1.07 bits per heavy atom. The molecule has 6 nitrogen and oxygen atoms in total. The van der Waals surface area contributed by atoms with Crippen molar-refractivity contribution in [1.82, 2.24) is 14.6 Å². The minimum atomic E-state index is -0.238. The van der Waals surface area contributed by atoms with Crippen LogP contribution in [0, 0.1) is 6.92 Å². The molecule has 0 saturated heterocycles. The van der Waals surface area contributed by atoms with Crippen LogP contribution in [-0.2, 0) is 0 Å². The number of ether oxygens (including phenoxy) is 1. The largest absolute Gasteiger partial charge is 0.497 e. The van der Waals surface area contributed by atoms with Crippen molar-refractivity contribution in [2.75, 3.05) is 12.4 Å². The first-order valence-corrected chi connectivity index (χ1v) is 9.41. The predicted octanol–water partition coefficient (Wildman–Crippen LogP) is 4.73. The molecule has 0 radical (unpaired) electrons. The highest BCUT2D eigenvalue weighted by Crippen LogP contribution is 2.26. The van der Waals surface area contributed by atoms with Gasteiger partial charge in [-0.15, -0.1) is 0 Å². The third-order valence-electron chi connectivity index (χ3n) is 4.51. The van der Waals surface area contributed by atoms with E-state index in [4.69, 9.17) is 4.74 Å². The molecule has 0 aliphatic heterocycles. The molecule has 2 heterocycles. The Kier molecular flexibility index (Phi) is 4.83. The first-order valence-electron chi connectivity index (χ1n) is 8.61. The van der Waals surface area contributed by atoms with Gasteiger partial charge in [0.2, 0.25) is 0 Å². The van der Waals surface area contributed by atoms with Crippen LogP contribution in [-0.4, -0.2) is 27.6 Å². The van der Waals surface area contributed by atoms with Crippen LogP contribution >= 0.6 is 15.9 Å². The number of benzene rings is 2. The van der Waals surface area contributed by atoms with Crippen LogP contribution in [0.4, 0.5) is 5.69 Å². The number of fused-ring (bicyclic) bond motifs is 1. The van der Waals surface area contributed by atoms with Crippen molar-refractivity contribution in [2.45, 2.75) is 6.92 Å². The van der Waals surface area contributed by atoms with Crippen molar-refractivity contribution in [3.8, 4) is 16.9 Å². The number of hydrogen-bond donors (Lipinski definition) is 1. The van der Waals surface area contributed by atoms with E-state index in [1.165, 1.54) is 0 Å². The number of methoxy groups -OCH3 is 1. The number of carbonyl (C=O) groups excluding carboxylic acids is 1. The van der Waals surface area contributed by atoms with E-state index in [1.807, 2.05) is 31.2 Å². The number of anilines is 1. The van der Waals surface area contributed by atoms with E-state index in [9.17, 15) is 4.79 Å². The summed E-state index contributed by atoms with van der Waals surface area (Å²) in [6.07, 6.45) is 3.36. The Morgan fingerprint density at radius 2 is 1.79 bits per heavy atom. The van der Waals surface area contributed by atoms with Gasteiger partial charge in [-0.25, -0.2) is 9.50 Å². The molecule has 1 N–H and O–H groups in total. The van der Waals surface area contributed by atoms with Gasteiger partial charge in [-0.05, 0) is 48.9 Å². The Morgan fingerprint density at radius 3 is 2.46 bits per heavy atom. The van der Waals surface area contributed by atoms with Gasteiger partial charge < -0.3 is 10.1 Å². The monoisotopic (exact) mass is 436 g/mol. The molecule has 0 aliphatic carbocycles.